The number of nitrogens with one attached hydrogen (secondary N) is 1. The van der Waals surface area contributed by atoms with E-state index in [0.29, 0.717) is 12.0 Å². The van der Waals surface area contributed by atoms with Gasteiger partial charge in [-0.2, -0.15) is 0 Å². The zero-order chi connectivity index (χ0) is 14.4. The van der Waals surface area contributed by atoms with Crippen LogP contribution in [0.15, 0.2) is 54.6 Å². The van der Waals surface area contributed by atoms with E-state index >= 15 is 0 Å². The van der Waals surface area contributed by atoms with Crippen LogP contribution in [-0.4, -0.2) is 7.05 Å². The molecule has 2 aromatic carbocycles. The molecule has 1 heteroatoms. The summed E-state index contributed by atoms with van der Waals surface area (Å²) in [6, 6.07) is 20.1. The molecule has 0 heterocycles. The van der Waals surface area contributed by atoms with Gasteiger partial charge in [-0.25, -0.2) is 0 Å². The molecule has 0 bridgehead atoms. The second kappa shape index (κ2) is 7.25. The van der Waals surface area contributed by atoms with Gasteiger partial charge in [0.25, 0.3) is 0 Å². The Kier molecular flexibility index (Phi) is 5.37. The highest BCUT2D eigenvalue weighted by Crippen LogP contribution is 2.23. The molecule has 1 nitrogen and oxygen atoms in total. The Morgan fingerprint density at radius 1 is 0.900 bits per heavy atom. The second-order valence-electron chi connectivity index (χ2n) is 5.51. The summed E-state index contributed by atoms with van der Waals surface area (Å²) in [5.41, 5.74) is 4.17. The van der Waals surface area contributed by atoms with Gasteiger partial charge in [-0.05, 0) is 42.5 Å². The highest BCUT2D eigenvalue weighted by atomic mass is 14.9. The molecule has 2 unspecified atom stereocenters. The van der Waals surface area contributed by atoms with E-state index in [-0.39, 0.29) is 0 Å². The van der Waals surface area contributed by atoms with Gasteiger partial charge in [0.2, 0.25) is 0 Å². The van der Waals surface area contributed by atoms with Crippen LogP contribution in [0.2, 0.25) is 0 Å². The molecule has 0 saturated heterocycles. The van der Waals surface area contributed by atoms with Gasteiger partial charge < -0.3 is 5.32 Å². The van der Waals surface area contributed by atoms with E-state index in [1.807, 2.05) is 7.05 Å². The Bertz CT molecular complexity index is 501. The Hall–Kier alpha value is -1.60. The second-order valence-corrected chi connectivity index (χ2v) is 5.51. The van der Waals surface area contributed by atoms with Crippen LogP contribution in [0.1, 0.15) is 48.9 Å². The molecule has 2 rings (SSSR count). The summed E-state index contributed by atoms with van der Waals surface area (Å²) >= 11 is 0. The fourth-order valence-electron chi connectivity index (χ4n) is 2.53. The van der Waals surface area contributed by atoms with Gasteiger partial charge in [0.1, 0.15) is 0 Å². The lowest BCUT2D eigenvalue weighted by molar-refractivity contribution is 0.591. The fourth-order valence-corrected chi connectivity index (χ4v) is 2.53. The largest absolute Gasteiger partial charge is 0.313 e. The zero-order valence-electron chi connectivity index (χ0n) is 12.8. The van der Waals surface area contributed by atoms with Crippen molar-refractivity contribution in [2.75, 3.05) is 7.05 Å². The van der Waals surface area contributed by atoms with Crippen molar-refractivity contribution in [1.82, 2.24) is 5.32 Å². The first-order chi connectivity index (χ1) is 9.74. The standard InChI is InChI=1S/C19H25N/c1-4-15(2)17-10-12-18(13-11-17)19(20-3)14-16-8-6-5-7-9-16/h5-13,15,19-20H,4,14H2,1-3H3. The summed E-state index contributed by atoms with van der Waals surface area (Å²) in [5.74, 6) is 0.645. The first-order valence-electron chi connectivity index (χ1n) is 7.55. The number of rotatable bonds is 6. The highest BCUT2D eigenvalue weighted by Gasteiger charge is 2.10. The van der Waals surface area contributed by atoms with Gasteiger partial charge in [0.15, 0.2) is 0 Å². The lowest BCUT2D eigenvalue weighted by Crippen LogP contribution is -2.18. The molecule has 106 valence electrons. The molecule has 0 aliphatic carbocycles. The van der Waals surface area contributed by atoms with Crippen LogP contribution in [-0.2, 0) is 6.42 Å². The quantitative estimate of drug-likeness (QED) is 0.799. The predicted molar refractivity (Wildman–Crippen MR) is 87.1 cm³/mol. The molecule has 0 amide bonds. The van der Waals surface area contributed by atoms with Gasteiger partial charge >= 0.3 is 0 Å². The Labute approximate surface area is 123 Å². The highest BCUT2D eigenvalue weighted by molar-refractivity contribution is 5.29. The monoisotopic (exact) mass is 267 g/mol. The maximum Gasteiger partial charge on any atom is 0.0358 e. The minimum atomic E-state index is 0.378. The van der Waals surface area contributed by atoms with Crippen molar-refractivity contribution in [1.29, 1.82) is 0 Å². The molecule has 0 fully saturated rings. The fraction of sp³-hybridized carbons (Fsp3) is 0.368. The number of hydrogen-bond acceptors (Lipinski definition) is 1. The molecule has 2 aromatic rings. The van der Waals surface area contributed by atoms with Crippen LogP contribution in [0, 0.1) is 0 Å². The molecular weight excluding hydrogens is 242 g/mol. The third kappa shape index (κ3) is 3.71. The average Bonchev–Trinajstić information content (AvgIpc) is 2.53. The maximum absolute atomic E-state index is 3.43. The van der Waals surface area contributed by atoms with Crippen LogP contribution < -0.4 is 5.32 Å². The zero-order valence-corrected chi connectivity index (χ0v) is 12.8. The van der Waals surface area contributed by atoms with Crippen LogP contribution >= 0.6 is 0 Å². The first-order valence-corrected chi connectivity index (χ1v) is 7.55. The summed E-state index contributed by atoms with van der Waals surface area (Å²) in [7, 11) is 2.04. The molecule has 0 aliphatic rings. The molecule has 2 atom stereocenters. The van der Waals surface area contributed by atoms with E-state index in [0.717, 1.165) is 6.42 Å². The van der Waals surface area contributed by atoms with Crippen LogP contribution in [0.3, 0.4) is 0 Å². The van der Waals surface area contributed by atoms with Gasteiger partial charge in [0.05, 0.1) is 0 Å². The lowest BCUT2D eigenvalue weighted by Gasteiger charge is -2.18. The molecule has 20 heavy (non-hydrogen) atoms. The minimum absolute atomic E-state index is 0.378. The minimum Gasteiger partial charge on any atom is -0.313 e. The normalized spacial score (nSPS) is 13.9. The van der Waals surface area contributed by atoms with E-state index in [1.165, 1.54) is 23.1 Å². The van der Waals surface area contributed by atoms with E-state index in [9.17, 15) is 0 Å². The molecule has 0 aromatic heterocycles. The van der Waals surface area contributed by atoms with Gasteiger partial charge in [-0.15, -0.1) is 0 Å². The smallest absolute Gasteiger partial charge is 0.0358 e. The number of benzene rings is 2. The SMILES string of the molecule is CCC(C)c1ccc(C(Cc2ccccc2)NC)cc1. The first kappa shape index (κ1) is 14.8. The summed E-state index contributed by atoms with van der Waals surface area (Å²) in [6.45, 7) is 4.53. The Balaban J connectivity index is 2.11. The Morgan fingerprint density at radius 2 is 1.50 bits per heavy atom. The summed E-state index contributed by atoms with van der Waals surface area (Å²) in [6.07, 6.45) is 2.22. The molecular formula is C19H25N. The van der Waals surface area contributed by atoms with E-state index < -0.39 is 0 Å². The summed E-state index contributed by atoms with van der Waals surface area (Å²) in [4.78, 5) is 0. The predicted octanol–water partition coefficient (Wildman–Crippen LogP) is 4.70. The maximum atomic E-state index is 3.43. The number of hydrogen-bond donors (Lipinski definition) is 1. The Morgan fingerprint density at radius 3 is 2.05 bits per heavy atom. The van der Waals surface area contributed by atoms with Crippen LogP contribution in [0.5, 0.6) is 0 Å². The average molecular weight is 267 g/mol. The van der Waals surface area contributed by atoms with Gasteiger partial charge in [0, 0.05) is 6.04 Å². The van der Waals surface area contributed by atoms with E-state index in [1.54, 1.807) is 0 Å². The van der Waals surface area contributed by atoms with Gasteiger partial charge in [-0.1, -0.05) is 68.4 Å². The van der Waals surface area contributed by atoms with Crippen molar-refractivity contribution in [2.24, 2.45) is 0 Å². The summed E-state index contributed by atoms with van der Waals surface area (Å²) < 4.78 is 0. The topological polar surface area (TPSA) is 12.0 Å². The molecule has 1 N–H and O–H groups in total. The third-order valence-corrected chi connectivity index (χ3v) is 4.15. The van der Waals surface area contributed by atoms with Crippen molar-refractivity contribution in [3.05, 3.63) is 71.3 Å². The van der Waals surface area contributed by atoms with Crippen molar-refractivity contribution in [3.8, 4) is 0 Å². The lowest BCUT2D eigenvalue weighted by atomic mass is 9.94. The third-order valence-electron chi connectivity index (χ3n) is 4.15. The molecule has 0 saturated carbocycles. The molecule has 0 spiro atoms. The molecule has 0 radical (unpaired) electrons. The van der Waals surface area contributed by atoms with E-state index in [4.69, 9.17) is 0 Å². The van der Waals surface area contributed by atoms with Crippen LogP contribution in [0.4, 0.5) is 0 Å². The van der Waals surface area contributed by atoms with Crippen molar-refractivity contribution < 1.29 is 0 Å². The van der Waals surface area contributed by atoms with Crippen molar-refractivity contribution >= 4 is 0 Å². The van der Waals surface area contributed by atoms with Gasteiger partial charge in [-0.3, -0.25) is 0 Å². The van der Waals surface area contributed by atoms with E-state index in [2.05, 4.69) is 73.8 Å². The summed E-state index contributed by atoms with van der Waals surface area (Å²) in [5, 5.41) is 3.43. The molecule has 0 aliphatic heterocycles. The van der Waals surface area contributed by atoms with Crippen LogP contribution in [0.25, 0.3) is 0 Å². The van der Waals surface area contributed by atoms with Crippen molar-refractivity contribution in [2.45, 2.75) is 38.6 Å². The number of likely N-dealkylation sites (N-methyl/N-ethyl adjacent to an activating group) is 1. The van der Waals surface area contributed by atoms with Crippen molar-refractivity contribution in [3.63, 3.8) is 0 Å².